The Morgan fingerprint density at radius 1 is 1.29 bits per heavy atom. The van der Waals surface area contributed by atoms with Gasteiger partial charge in [0.15, 0.2) is 0 Å². The van der Waals surface area contributed by atoms with Crippen molar-refractivity contribution in [2.75, 3.05) is 7.05 Å². The Morgan fingerprint density at radius 3 is 2.62 bits per heavy atom. The van der Waals surface area contributed by atoms with Crippen molar-refractivity contribution >= 4 is 15.9 Å². The van der Waals surface area contributed by atoms with Crippen molar-refractivity contribution in [2.45, 2.75) is 45.7 Å². The summed E-state index contributed by atoms with van der Waals surface area (Å²) in [6.07, 6.45) is 5.12. The molecule has 0 aliphatic carbocycles. The minimum Gasteiger partial charge on any atom is -0.312 e. The number of aromatic nitrogens is 2. The molecule has 0 aliphatic rings. The van der Waals surface area contributed by atoms with Crippen LogP contribution in [0.3, 0.4) is 0 Å². The Hall–Kier alpha value is -1.13. The van der Waals surface area contributed by atoms with Gasteiger partial charge in [-0.05, 0) is 54.7 Å². The highest BCUT2D eigenvalue weighted by atomic mass is 79.9. The Morgan fingerprint density at radius 2 is 2.00 bits per heavy atom. The zero-order valence-corrected chi connectivity index (χ0v) is 14.7. The largest absolute Gasteiger partial charge is 0.312 e. The Kier molecular flexibility index (Phi) is 6.00. The number of nitrogens with zero attached hydrogens (tertiary/aromatic N) is 2. The molecule has 0 radical (unpaired) electrons. The van der Waals surface area contributed by atoms with Crippen molar-refractivity contribution in [3.05, 3.63) is 51.8 Å². The molecule has 114 valence electrons. The highest BCUT2D eigenvalue weighted by Gasteiger charge is 2.18. The summed E-state index contributed by atoms with van der Waals surface area (Å²) in [5.41, 5.74) is 3.96. The molecule has 1 unspecified atom stereocenters. The molecule has 0 saturated carbocycles. The predicted octanol–water partition coefficient (Wildman–Crippen LogP) is 4.26. The second kappa shape index (κ2) is 7.76. The van der Waals surface area contributed by atoms with Crippen LogP contribution in [0, 0.1) is 6.92 Å². The van der Waals surface area contributed by atoms with Crippen LogP contribution in [0.1, 0.15) is 42.6 Å². The SMILES string of the molecule is CCCn1ncc(Br)c1C(CCc1ccc(C)cc1)NC. The molecule has 1 aromatic heterocycles. The first-order valence-corrected chi connectivity index (χ1v) is 8.39. The van der Waals surface area contributed by atoms with Crippen molar-refractivity contribution in [1.82, 2.24) is 15.1 Å². The molecule has 0 spiro atoms. The predicted molar refractivity (Wildman–Crippen MR) is 91.5 cm³/mol. The van der Waals surface area contributed by atoms with E-state index in [0.29, 0.717) is 6.04 Å². The molecule has 0 amide bonds. The minimum absolute atomic E-state index is 0.315. The van der Waals surface area contributed by atoms with Crippen molar-refractivity contribution in [1.29, 1.82) is 0 Å². The lowest BCUT2D eigenvalue weighted by atomic mass is 10.0. The molecule has 1 heterocycles. The van der Waals surface area contributed by atoms with Gasteiger partial charge in [-0.3, -0.25) is 4.68 Å². The zero-order valence-electron chi connectivity index (χ0n) is 13.1. The first-order chi connectivity index (χ1) is 10.2. The molecule has 4 heteroatoms. The molecule has 0 saturated heterocycles. The Bertz CT molecular complexity index is 560. The lowest BCUT2D eigenvalue weighted by molar-refractivity contribution is 0.475. The second-order valence-corrected chi connectivity index (χ2v) is 6.32. The van der Waals surface area contributed by atoms with E-state index < -0.39 is 0 Å². The summed E-state index contributed by atoms with van der Waals surface area (Å²) in [5, 5.41) is 7.91. The van der Waals surface area contributed by atoms with Gasteiger partial charge in [0, 0.05) is 6.54 Å². The van der Waals surface area contributed by atoms with E-state index >= 15 is 0 Å². The normalized spacial score (nSPS) is 12.6. The molecular weight excluding hydrogens is 326 g/mol. The summed E-state index contributed by atoms with van der Waals surface area (Å²) in [7, 11) is 2.02. The first kappa shape index (κ1) is 16.2. The van der Waals surface area contributed by atoms with Crippen LogP contribution < -0.4 is 5.32 Å². The van der Waals surface area contributed by atoms with Gasteiger partial charge in [-0.15, -0.1) is 0 Å². The van der Waals surface area contributed by atoms with Gasteiger partial charge in [0.05, 0.1) is 22.4 Å². The van der Waals surface area contributed by atoms with E-state index in [9.17, 15) is 0 Å². The molecule has 0 aliphatic heterocycles. The molecule has 2 aromatic rings. The average Bonchev–Trinajstić information content (AvgIpc) is 2.84. The quantitative estimate of drug-likeness (QED) is 0.809. The number of nitrogens with one attached hydrogen (secondary N) is 1. The fourth-order valence-electron chi connectivity index (χ4n) is 2.59. The molecule has 0 bridgehead atoms. The fourth-order valence-corrected chi connectivity index (χ4v) is 3.16. The molecule has 1 N–H and O–H groups in total. The van der Waals surface area contributed by atoms with E-state index in [2.05, 4.69) is 69.1 Å². The number of hydrogen-bond donors (Lipinski definition) is 1. The highest BCUT2D eigenvalue weighted by Crippen LogP contribution is 2.27. The van der Waals surface area contributed by atoms with E-state index in [0.717, 1.165) is 30.3 Å². The lowest BCUT2D eigenvalue weighted by Gasteiger charge is -2.19. The summed E-state index contributed by atoms with van der Waals surface area (Å²) in [6, 6.07) is 9.12. The van der Waals surface area contributed by atoms with E-state index in [1.807, 2.05) is 13.2 Å². The van der Waals surface area contributed by atoms with Gasteiger partial charge < -0.3 is 5.32 Å². The number of halogens is 1. The molecule has 0 fully saturated rings. The fraction of sp³-hybridized carbons (Fsp3) is 0.471. The summed E-state index contributed by atoms with van der Waals surface area (Å²) in [6.45, 7) is 5.27. The van der Waals surface area contributed by atoms with Crippen molar-refractivity contribution in [2.24, 2.45) is 0 Å². The van der Waals surface area contributed by atoms with Gasteiger partial charge in [-0.1, -0.05) is 36.8 Å². The van der Waals surface area contributed by atoms with Gasteiger partial charge in [0.2, 0.25) is 0 Å². The van der Waals surface area contributed by atoms with Crippen LogP contribution in [0.5, 0.6) is 0 Å². The number of aryl methyl sites for hydroxylation is 3. The number of hydrogen-bond acceptors (Lipinski definition) is 2. The van der Waals surface area contributed by atoms with Gasteiger partial charge in [-0.2, -0.15) is 5.10 Å². The second-order valence-electron chi connectivity index (χ2n) is 5.47. The highest BCUT2D eigenvalue weighted by molar-refractivity contribution is 9.10. The third kappa shape index (κ3) is 4.17. The van der Waals surface area contributed by atoms with Gasteiger partial charge in [-0.25, -0.2) is 0 Å². The maximum atomic E-state index is 4.47. The van der Waals surface area contributed by atoms with E-state index in [4.69, 9.17) is 0 Å². The number of rotatable bonds is 7. The standard InChI is InChI=1S/C17H24BrN3/c1-4-11-21-17(15(18)12-20-21)16(19-3)10-9-14-7-5-13(2)6-8-14/h5-8,12,16,19H,4,9-11H2,1-3H3. The smallest absolute Gasteiger partial charge is 0.0695 e. The molecule has 2 rings (SSSR count). The number of benzene rings is 1. The van der Waals surface area contributed by atoms with Gasteiger partial charge >= 0.3 is 0 Å². The van der Waals surface area contributed by atoms with Gasteiger partial charge in [0.25, 0.3) is 0 Å². The third-order valence-electron chi connectivity index (χ3n) is 3.79. The van der Waals surface area contributed by atoms with Crippen LogP contribution in [0.2, 0.25) is 0 Å². The third-order valence-corrected chi connectivity index (χ3v) is 4.40. The van der Waals surface area contributed by atoms with Gasteiger partial charge in [0.1, 0.15) is 0 Å². The van der Waals surface area contributed by atoms with Crippen LogP contribution in [0.15, 0.2) is 34.9 Å². The van der Waals surface area contributed by atoms with Crippen LogP contribution in [0.25, 0.3) is 0 Å². The van der Waals surface area contributed by atoms with E-state index in [1.165, 1.54) is 16.8 Å². The molecule has 1 atom stereocenters. The Labute approximate surface area is 135 Å². The summed E-state index contributed by atoms with van der Waals surface area (Å²) < 4.78 is 3.21. The average molecular weight is 350 g/mol. The van der Waals surface area contributed by atoms with E-state index in [-0.39, 0.29) is 0 Å². The monoisotopic (exact) mass is 349 g/mol. The van der Waals surface area contributed by atoms with Crippen LogP contribution >= 0.6 is 15.9 Å². The Balaban J connectivity index is 2.09. The van der Waals surface area contributed by atoms with Crippen molar-refractivity contribution in [3.63, 3.8) is 0 Å². The van der Waals surface area contributed by atoms with Crippen molar-refractivity contribution in [3.8, 4) is 0 Å². The lowest BCUT2D eigenvalue weighted by Crippen LogP contribution is -2.21. The minimum atomic E-state index is 0.315. The molecular formula is C17H24BrN3. The molecule has 21 heavy (non-hydrogen) atoms. The van der Waals surface area contributed by atoms with E-state index in [1.54, 1.807) is 0 Å². The summed E-state index contributed by atoms with van der Waals surface area (Å²) in [4.78, 5) is 0. The van der Waals surface area contributed by atoms with Crippen LogP contribution in [-0.4, -0.2) is 16.8 Å². The maximum absolute atomic E-state index is 4.47. The molecule has 1 aromatic carbocycles. The van der Waals surface area contributed by atoms with Crippen molar-refractivity contribution < 1.29 is 0 Å². The van der Waals surface area contributed by atoms with Crippen LogP contribution in [0.4, 0.5) is 0 Å². The first-order valence-electron chi connectivity index (χ1n) is 7.59. The molecule has 3 nitrogen and oxygen atoms in total. The topological polar surface area (TPSA) is 29.9 Å². The summed E-state index contributed by atoms with van der Waals surface area (Å²) >= 11 is 3.64. The van der Waals surface area contributed by atoms with Crippen LogP contribution in [-0.2, 0) is 13.0 Å². The maximum Gasteiger partial charge on any atom is 0.0695 e. The zero-order chi connectivity index (χ0) is 15.2. The summed E-state index contributed by atoms with van der Waals surface area (Å²) in [5.74, 6) is 0.